The Balaban J connectivity index is 2.68. The van der Waals surface area contributed by atoms with Gasteiger partial charge in [-0.1, -0.05) is 38.1 Å². The van der Waals surface area contributed by atoms with E-state index in [0.717, 1.165) is 6.42 Å². The minimum atomic E-state index is -0.287. The Morgan fingerprint density at radius 3 is 2.29 bits per heavy atom. The van der Waals surface area contributed by atoms with Crippen molar-refractivity contribution in [3.63, 3.8) is 0 Å². The molecule has 1 aromatic carbocycles. The van der Waals surface area contributed by atoms with Gasteiger partial charge >= 0.3 is 0 Å². The predicted octanol–water partition coefficient (Wildman–Crippen LogP) is 2.16. The van der Waals surface area contributed by atoms with Crippen molar-refractivity contribution in [2.75, 3.05) is 0 Å². The number of benzene rings is 1. The molecule has 0 aliphatic carbocycles. The van der Waals surface area contributed by atoms with Crippen LogP contribution >= 0.6 is 0 Å². The van der Waals surface area contributed by atoms with E-state index in [-0.39, 0.29) is 18.0 Å². The first-order valence-electron chi connectivity index (χ1n) is 6.22. The van der Waals surface area contributed by atoms with E-state index >= 15 is 0 Å². The number of carbonyl (C=O) groups excluding carboxylic acids is 1. The van der Waals surface area contributed by atoms with Crippen molar-refractivity contribution >= 4 is 5.91 Å². The molecule has 0 heterocycles. The predicted molar refractivity (Wildman–Crippen MR) is 70.6 cm³/mol. The highest BCUT2D eigenvalue weighted by molar-refractivity contribution is 5.79. The maximum atomic E-state index is 11.2. The quantitative estimate of drug-likeness (QED) is 0.792. The molecule has 3 nitrogen and oxygen atoms in total. The maximum absolute atomic E-state index is 11.2. The average Bonchev–Trinajstić information content (AvgIpc) is 2.35. The lowest BCUT2D eigenvalue weighted by Gasteiger charge is -2.20. The van der Waals surface area contributed by atoms with Crippen molar-refractivity contribution in [1.82, 2.24) is 5.32 Å². The fraction of sp³-hybridized carbons (Fsp3) is 0.500. The molecule has 3 heteroatoms. The second-order valence-corrected chi connectivity index (χ2v) is 4.35. The van der Waals surface area contributed by atoms with Crippen LogP contribution in [0.1, 0.15) is 44.4 Å². The van der Waals surface area contributed by atoms with E-state index in [4.69, 9.17) is 5.73 Å². The largest absolute Gasteiger partial charge is 0.368 e. The average molecular weight is 234 g/mol. The molecule has 0 saturated heterocycles. The molecule has 3 N–H and O–H groups in total. The first-order chi connectivity index (χ1) is 8.08. The zero-order valence-corrected chi connectivity index (χ0v) is 10.9. The molecule has 2 atom stereocenters. The maximum Gasteiger partial charge on any atom is 0.234 e. The zero-order chi connectivity index (χ0) is 12.8. The van der Waals surface area contributed by atoms with E-state index in [1.165, 1.54) is 11.1 Å². The summed E-state index contributed by atoms with van der Waals surface area (Å²) in [5, 5.41) is 3.25. The van der Waals surface area contributed by atoms with Crippen LogP contribution in [0.5, 0.6) is 0 Å². The SMILES string of the molecule is CCc1ccc(C(C)NC(CC)C(N)=O)cc1. The number of hydrogen-bond donors (Lipinski definition) is 2. The monoisotopic (exact) mass is 234 g/mol. The van der Waals surface area contributed by atoms with Crippen LogP contribution in [0.15, 0.2) is 24.3 Å². The van der Waals surface area contributed by atoms with E-state index in [1.807, 2.05) is 13.8 Å². The lowest BCUT2D eigenvalue weighted by molar-refractivity contribution is -0.120. The van der Waals surface area contributed by atoms with Crippen LogP contribution in [-0.4, -0.2) is 11.9 Å². The van der Waals surface area contributed by atoms with Crippen molar-refractivity contribution in [2.45, 2.75) is 45.7 Å². The van der Waals surface area contributed by atoms with Gasteiger partial charge < -0.3 is 5.73 Å². The fourth-order valence-corrected chi connectivity index (χ4v) is 1.84. The van der Waals surface area contributed by atoms with E-state index in [1.54, 1.807) is 0 Å². The summed E-state index contributed by atoms with van der Waals surface area (Å²) < 4.78 is 0. The van der Waals surface area contributed by atoms with Gasteiger partial charge in [0.15, 0.2) is 0 Å². The van der Waals surface area contributed by atoms with Crippen LogP contribution in [0.3, 0.4) is 0 Å². The van der Waals surface area contributed by atoms with Gasteiger partial charge in [0.05, 0.1) is 6.04 Å². The molecule has 1 rings (SSSR count). The van der Waals surface area contributed by atoms with Gasteiger partial charge in [-0.25, -0.2) is 0 Å². The van der Waals surface area contributed by atoms with E-state index in [2.05, 4.69) is 36.5 Å². The van der Waals surface area contributed by atoms with E-state index in [0.29, 0.717) is 6.42 Å². The van der Waals surface area contributed by atoms with Crippen LogP contribution < -0.4 is 11.1 Å². The van der Waals surface area contributed by atoms with Gasteiger partial charge in [0.1, 0.15) is 0 Å². The molecule has 2 unspecified atom stereocenters. The summed E-state index contributed by atoms with van der Waals surface area (Å²) in [6.07, 6.45) is 1.76. The second kappa shape index (κ2) is 6.40. The lowest BCUT2D eigenvalue weighted by atomic mass is 10.0. The van der Waals surface area contributed by atoms with Crippen LogP contribution in [0.2, 0.25) is 0 Å². The van der Waals surface area contributed by atoms with Gasteiger partial charge in [0.25, 0.3) is 0 Å². The fourth-order valence-electron chi connectivity index (χ4n) is 1.84. The van der Waals surface area contributed by atoms with Gasteiger partial charge in [-0.3, -0.25) is 10.1 Å². The number of amides is 1. The van der Waals surface area contributed by atoms with Crippen LogP contribution in [0, 0.1) is 0 Å². The number of nitrogens with two attached hydrogens (primary N) is 1. The third kappa shape index (κ3) is 3.86. The summed E-state index contributed by atoms with van der Waals surface area (Å²) in [6, 6.07) is 8.33. The van der Waals surface area contributed by atoms with E-state index in [9.17, 15) is 4.79 Å². The Hall–Kier alpha value is -1.35. The van der Waals surface area contributed by atoms with Crippen molar-refractivity contribution in [3.05, 3.63) is 35.4 Å². The second-order valence-electron chi connectivity index (χ2n) is 4.35. The van der Waals surface area contributed by atoms with Crippen molar-refractivity contribution < 1.29 is 4.79 Å². The Morgan fingerprint density at radius 1 is 1.29 bits per heavy atom. The Labute approximate surface area is 103 Å². The minimum absolute atomic E-state index is 0.137. The lowest BCUT2D eigenvalue weighted by Crippen LogP contribution is -2.41. The van der Waals surface area contributed by atoms with Gasteiger partial charge in [0, 0.05) is 6.04 Å². The molecule has 0 fully saturated rings. The van der Waals surface area contributed by atoms with Gasteiger partial charge in [-0.05, 0) is 30.9 Å². The first kappa shape index (κ1) is 13.7. The van der Waals surface area contributed by atoms with Gasteiger partial charge in [0.2, 0.25) is 5.91 Å². The molecule has 0 bridgehead atoms. The summed E-state index contributed by atoms with van der Waals surface area (Å²) in [4.78, 5) is 11.2. The highest BCUT2D eigenvalue weighted by Crippen LogP contribution is 2.14. The summed E-state index contributed by atoms with van der Waals surface area (Å²) in [7, 11) is 0. The molecule has 1 aromatic rings. The molecule has 0 saturated carbocycles. The van der Waals surface area contributed by atoms with Crippen molar-refractivity contribution in [1.29, 1.82) is 0 Å². The van der Waals surface area contributed by atoms with Gasteiger partial charge in [-0.15, -0.1) is 0 Å². The molecule has 94 valence electrons. The normalized spacial score (nSPS) is 14.3. The highest BCUT2D eigenvalue weighted by Gasteiger charge is 2.16. The molecule has 1 amide bonds. The molecular weight excluding hydrogens is 212 g/mol. The Morgan fingerprint density at radius 2 is 1.88 bits per heavy atom. The number of rotatable bonds is 6. The highest BCUT2D eigenvalue weighted by atomic mass is 16.1. The molecule has 0 aliphatic heterocycles. The number of nitrogens with one attached hydrogen (secondary N) is 1. The van der Waals surface area contributed by atoms with E-state index < -0.39 is 0 Å². The number of hydrogen-bond acceptors (Lipinski definition) is 2. The molecule has 0 spiro atoms. The zero-order valence-electron chi connectivity index (χ0n) is 10.9. The van der Waals surface area contributed by atoms with Gasteiger partial charge in [-0.2, -0.15) is 0 Å². The number of carbonyl (C=O) groups is 1. The van der Waals surface area contributed by atoms with Crippen LogP contribution in [0.25, 0.3) is 0 Å². The smallest absolute Gasteiger partial charge is 0.234 e. The summed E-state index contributed by atoms with van der Waals surface area (Å²) in [5.41, 5.74) is 7.82. The molecule has 0 radical (unpaired) electrons. The molecule has 0 aromatic heterocycles. The summed E-state index contributed by atoms with van der Waals surface area (Å²) >= 11 is 0. The summed E-state index contributed by atoms with van der Waals surface area (Å²) in [5.74, 6) is -0.287. The standard InChI is InChI=1S/C14H22N2O/c1-4-11-6-8-12(9-7-11)10(3)16-13(5-2)14(15)17/h6-10,13,16H,4-5H2,1-3H3,(H2,15,17). The van der Waals surface area contributed by atoms with Crippen molar-refractivity contribution in [3.8, 4) is 0 Å². The molecular formula is C14H22N2O. The van der Waals surface area contributed by atoms with Crippen LogP contribution in [0.4, 0.5) is 0 Å². The summed E-state index contributed by atoms with van der Waals surface area (Å²) in [6.45, 7) is 6.14. The Kier molecular flexibility index (Phi) is 5.16. The molecule has 17 heavy (non-hydrogen) atoms. The van der Waals surface area contributed by atoms with Crippen LogP contribution in [-0.2, 0) is 11.2 Å². The first-order valence-corrected chi connectivity index (χ1v) is 6.22. The number of primary amides is 1. The number of aryl methyl sites for hydroxylation is 1. The topological polar surface area (TPSA) is 55.1 Å². The van der Waals surface area contributed by atoms with Crippen molar-refractivity contribution in [2.24, 2.45) is 5.73 Å². The molecule has 0 aliphatic rings. The third-order valence-electron chi connectivity index (χ3n) is 3.09. The minimum Gasteiger partial charge on any atom is -0.368 e. The third-order valence-corrected chi connectivity index (χ3v) is 3.09. The Bertz CT molecular complexity index is 359.